The average molecular weight is 466 g/mol. The van der Waals surface area contributed by atoms with Gasteiger partial charge in [-0.05, 0) is 12.1 Å². The molecule has 0 aliphatic carbocycles. The van der Waals surface area contributed by atoms with Gasteiger partial charge in [0.2, 0.25) is 0 Å². The van der Waals surface area contributed by atoms with Gasteiger partial charge in [0.15, 0.2) is 0 Å². The Morgan fingerprint density at radius 1 is 0.500 bits per heavy atom. The lowest BCUT2D eigenvalue weighted by atomic mass is 9.96. The van der Waals surface area contributed by atoms with Crippen LogP contribution in [-0.2, 0) is 0 Å². The molecule has 0 fully saturated rings. The molecule has 0 aromatic heterocycles. The van der Waals surface area contributed by atoms with Gasteiger partial charge in [-0.3, -0.25) is 0 Å². The van der Waals surface area contributed by atoms with E-state index in [2.05, 4.69) is 0 Å². The summed E-state index contributed by atoms with van der Waals surface area (Å²) >= 11 is 16.2. The molecule has 0 unspecified atom stereocenters. The van der Waals surface area contributed by atoms with E-state index in [1.807, 2.05) is 0 Å². The molecule has 0 saturated heterocycles. The van der Waals surface area contributed by atoms with Gasteiger partial charge in [-0.2, -0.15) is 0 Å². The topological polar surface area (TPSA) is 78.9 Å². The van der Waals surface area contributed by atoms with Crippen LogP contribution in [0.3, 0.4) is 0 Å². The number of benzene rings is 3. The Bertz CT molecular complexity index is 1050. The first-order valence-electron chi connectivity index (χ1n) is 8.30. The van der Waals surface area contributed by atoms with Crippen LogP contribution in [0.25, 0.3) is 22.3 Å². The van der Waals surface area contributed by atoms with Crippen molar-refractivity contribution in [2.45, 2.75) is 0 Å². The van der Waals surface area contributed by atoms with Crippen molar-refractivity contribution in [2.75, 3.05) is 0 Å². The van der Waals surface area contributed by atoms with E-state index in [1.54, 1.807) is 54.6 Å². The minimum absolute atomic E-state index is 0.0497. The van der Waals surface area contributed by atoms with Gasteiger partial charge >= 0.3 is 16.3 Å². The van der Waals surface area contributed by atoms with Crippen LogP contribution in [0.2, 0.25) is 0 Å². The maximum Gasteiger partial charge on any atom is 0.409 e. The second-order valence-electron chi connectivity index (χ2n) is 5.69. The molecule has 0 N–H and O–H groups in total. The first-order chi connectivity index (χ1) is 14.4. The molecular weight excluding hydrogens is 455 g/mol. The van der Waals surface area contributed by atoms with Crippen molar-refractivity contribution in [1.82, 2.24) is 0 Å². The van der Waals surface area contributed by atoms with E-state index in [4.69, 9.17) is 49.0 Å². The van der Waals surface area contributed by atoms with E-state index in [0.717, 1.165) is 0 Å². The highest BCUT2D eigenvalue weighted by Gasteiger charge is 2.21. The molecule has 0 spiro atoms. The van der Waals surface area contributed by atoms with Crippen LogP contribution >= 0.6 is 34.8 Å². The zero-order valence-corrected chi connectivity index (χ0v) is 17.2. The molecule has 30 heavy (non-hydrogen) atoms. The first-order valence-corrected chi connectivity index (χ1v) is 9.44. The molecule has 0 amide bonds. The van der Waals surface area contributed by atoms with Crippen LogP contribution < -0.4 is 14.2 Å². The largest absolute Gasteiger partial charge is 0.414 e. The molecule has 3 rings (SSSR count). The van der Waals surface area contributed by atoms with Gasteiger partial charge in [0, 0.05) is 57.1 Å². The normalized spacial score (nSPS) is 10.2. The summed E-state index contributed by atoms with van der Waals surface area (Å²) in [6.45, 7) is 0. The molecule has 3 aromatic rings. The predicted molar refractivity (Wildman–Crippen MR) is 113 cm³/mol. The van der Waals surface area contributed by atoms with Crippen molar-refractivity contribution in [3.63, 3.8) is 0 Å². The molecular formula is C21H11Cl3O6. The average Bonchev–Trinajstić information content (AvgIpc) is 2.68. The fraction of sp³-hybridized carbons (Fsp3) is 0. The highest BCUT2D eigenvalue weighted by Crippen LogP contribution is 2.45. The lowest BCUT2D eigenvalue weighted by molar-refractivity contribution is 0.224. The smallest absolute Gasteiger partial charge is 0.409 e. The molecule has 0 bridgehead atoms. The second-order valence-corrected chi connectivity index (χ2v) is 6.62. The fourth-order valence-corrected chi connectivity index (χ4v) is 3.12. The maximum absolute atomic E-state index is 11.6. The summed E-state index contributed by atoms with van der Waals surface area (Å²) in [6, 6.07) is 18.0. The van der Waals surface area contributed by atoms with Crippen molar-refractivity contribution < 1.29 is 28.6 Å². The molecule has 9 heteroatoms. The number of rotatable bonds is 5. The molecule has 152 valence electrons. The van der Waals surface area contributed by atoms with Gasteiger partial charge < -0.3 is 14.2 Å². The Morgan fingerprint density at radius 2 is 0.867 bits per heavy atom. The van der Waals surface area contributed by atoms with E-state index in [9.17, 15) is 14.4 Å². The summed E-state index contributed by atoms with van der Waals surface area (Å²) < 4.78 is 15.4. The lowest BCUT2D eigenvalue weighted by Crippen LogP contribution is -2.03. The summed E-state index contributed by atoms with van der Waals surface area (Å²) in [4.78, 5) is 34.2. The molecule has 0 aliphatic rings. The highest BCUT2D eigenvalue weighted by molar-refractivity contribution is 6.62. The summed E-state index contributed by atoms with van der Waals surface area (Å²) in [5.74, 6) is 0.331. The zero-order chi connectivity index (χ0) is 21.7. The number of carbonyl (C=O) groups is 3. The Balaban J connectivity index is 2.26. The zero-order valence-electron chi connectivity index (χ0n) is 14.9. The van der Waals surface area contributed by atoms with Crippen LogP contribution in [0.5, 0.6) is 17.2 Å². The molecule has 0 aliphatic heterocycles. The number of hydrogen-bond donors (Lipinski definition) is 0. The Labute approximate surface area is 185 Å². The molecule has 0 heterocycles. The van der Waals surface area contributed by atoms with Gasteiger partial charge in [0.1, 0.15) is 17.2 Å². The van der Waals surface area contributed by atoms with Crippen molar-refractivity contribution in [1.29, 1.82) is 0 Å². The third-order valence-electron chi connectivity index (χ3n) is 3.93. The third kappa shape index (κ3) is 5.10. The first kappa shape index (κ1) is 21.6. The molecule has 0 atom stereocenters. The standard InChI is InChI=1S/C21H11Cl3O6/c22-19(25)28-16-10-3-1-6-12(16)14-8-5-9-15(18(14)30-21(24)27)13-7-2-4-11-17(13)29-20(23)26/h1-11H. The summed E-state index contributed by atoms with van der Waals surface area (Å²) in [5.41, 5.74) is -1.59. The van der Waals surface area contributed by atoms with Crippen LogP contribution in [0, 0.1) is 0 Å². The van der Waals surface area contributed by atoms with Crippen LogP contribution in [0.1, 0.15) is 0 Å². The monoisotopic (exact) mass is 464 g/mol. The van der Waals surface area contributed by atoms with Crippen molar-refractivity contribution in [3.05, 3.63) is 66.7 Å². The van der Waals surface area contributed by atoms with Crippen LogP contribution in [0.15, 0.2) is 66.7 Å². The molecule has 6 nitrogen and oxygen atoms in total. The maximum atomic E-state index is 11.6. The number of ether oxygens (including phenoxy) is 3. The highest BCUT2D eigenvalue weighted by atomic mass is 35.5. The van der Waals surface area contributed by atoms with E-state index in [0.29, 0.717) is 22.3 Å². The van der Waals surface area contributed by atoms with E-state index < -0.39 is 16.3 Å². The summed E-state index contributed by atoms with van der Waals surface area (Å²) in [6.07, 6.45) is 0. The van der Waals surface area contributed by atoms with E-state index in [-0.39, 0.29) is 17.2 Å². The number of para-hydroxylation sites is 3. The minimum Gasteiger partial charge on any atom is -0.414 e. The lowest BCUT2D eigenvalue weighted by Gasteiger charge is -2.17. The number of halogens is 3. The molecule has 0 saturated carbocycles. The Hall–Kier alpha value is -3.06. The quantitative estimate of drug-likeness (QED) is 0.370. The third-order valence-corrected chi connectivity index (χ3v) is 4.16. The van der Waals surface area contributed by atoms with Crippen molar-refractivity contribution in [2.24, 2.45) is 0 Å². The fourth-order valence-electron chi connectivity index (χ4n) is 2.88. The second kappa shape index (κ2) is 9.63. The van der Waals surface area contributed by atoms with Crippen LogP contribution in [-0.4, -0.2) is 16.3 Å². The van der Waals surface area contributed by atoms with E-state index in [1.165, 1.54) is 12.1 Å². The van der Waals surface area contributed by atoms with Gasteiger partial charge in [-0.15, -0.1) is 0 Å². The Kier molecular flexibility index (Phi) is 6.95. The van der Waals surface area contributed by atoms with Gasteiger partial charge in [0.25, 0.3) is 0 Å². The predicted octanol–water partition coefficient (Wildman–Crippen LogP) is 7.23. The van der Waals surface area contributed by atoms with Gasteiger partial charge in [0.05, 0.1) is 0 Å². The number of carbonyl (C=O) groups excluding carboxylic acids is 3. The minimum atomic E-state index is -1.10. The van der Waals surface area contributed by atoms with Gasteiger partial charge in [-0.1, -0.05) is 54.6 Å². The van der Waals surface area contributed by atoms with Crippen LogP contribution in [0.4, 0.5) is 14.4 Å². The molecule has 0 radical (unpaired) electrons. The Morgan fingerprint density at radius 3 is 1.27 bits per heavy atom. The molecule has 3 aromatic carbocycles. The van der Waals surface area contributed by atoms with Gasteiger partial charge in [-0.25, -0.2) is 14.4 Å². The van der Waals surface area contributed by atoms with E-state index >= 15 is 0 Å². The summed E-state index contributed by atoms with van der Waals surface area (Å²) in [7, 11) is 0. The summed E-state index contributed by atoms with van der Waals surface area (Å²) in [5, 5.41) is 0. The number of hydrogen-bond acceptors (Lipinski definition) is 6. The SMILES string of the molecule is O=C(Cl)Oc1ccccc1-c1cccc(-c2ccccc2OC(=O)Cl)c1OC(=O)Cl. The van der Waals surface area contributed by atoms with Crippen molar-refractivity contribution >= 4 is 51.1 Å². The van der Waals surface area contributed by atoms with Crippen molar-refractivity contribution in [3.8, 4) is 39.5 Å².